The van der Waals surface area contributed by atoms with Gasteiger partial charge in [-0.2, -0.15) is 0 Å². The van der Waals surface area contributed by atoms with E-state index in [0.29, 0.717) is 30.5 Å². The zero-order valence-corrected chi connectivity index (χ0v) is 15.0. The fourth-order valence-electron chi connectivity index (χ4n) is 2.98. The van der Waals surface area contributed by atoms with E-state index in [0.717, 1.165) is 17.0 Å². The summed E-state index contributed by atoms with van der Waals surface area (Å²) >= 11 is 6.03. The molecular formula is C18H23ClN2O3. The Hall–Kier alpha value is -1.40. The van der Waals surface area contributed by atoms with Crippen molar-refractivity contribution in [1.82, 2.24) is 9.88 Å². The van der Waals surface area contributed by atoms with E-state index >= 15 is 0 Å². The number of hydrogen-bond acceptors (Lipinski definition) is 5. The first-order valence-corrected chi connectivity index (χ1v) is 8.58. The van der Waals surface area contributed by atoms with E-state index in [-0.39, 0.29) is 12.2 Å². The molecule has 0 saturated carbocycles. The van der Waals surface area contributed by atoms with Crippen molar-refractivity contribution in [2.75, 3.05) is 13.1 Å². The van der Waals surface area contributed by atoms with Gasteiger partial charge in [-0.15, -0.1) is 0 Å². The van der Waals surface area contributed by atoms with Gasteiger partial charge in [0.15, 0.2) is 0 Å². The predicted molar refractivity (Wildman–Crippen MR) is 93.0 cm³/mol. The van der Waals surface area contributed by atoms with Crippen LogP contribution < -0.4 is 0 Å². The first-order valence-electron chi connectivity index (χ1n) is 8.20. The lowest BCUT2D eigenvalue weighted by molar-refractivity contribution is -0.0396. The molecule has 1 aliphatic rings. The molecule has 2 aromatic rings. The largest absolute Gasteiger partial charge is 0.441 e. The Bertz CT molecular complexity index is 701. The number of halogens is 1. The highest BCUT2D eigenvalue weighted by Crippen LogP contribution is 2.26. The molecule has 0 aliphatic carbocycles. The molecule has 2 heterocycles. The Balaban J connectivity index is 1.70. The molecule has 5 nitrogen and oxygen atoms in total. The second-order valence-corrected chi connectivity index (χ2v) is 6.95. The van der Waals surface area contributed by atoms with Gasteiger partial charge in [-0.1, -0.05) is 17.7 Å². The van der Waals surface area contributed by atoms with E-state index in [4.69, 9.17) is 20.8 Å². The zero-order chi connectivity index (χ0) is 17.3. The minimum Gasteiger partial charge on any atom is -0.441 e. The summed E-state index contributed by atoms with van der Waals surface area (Å²) in [5, 5.41) is 10.8. The van der Waals surface area contributed by atoms with Gasteiger partial charge >= 0.3 is 0 Å². The molecule has 1 aliphatic heterocycles. The first kappa shape index (κ1) is 17.4. The fourth-order valence-corrected chi connectivity index (χ4v) is 3.17. The van der Waals surface area contributed by atoms with Crippen LogP contribution in [-0.2, 0) is 11.3 Å². The summed E-state index contributed by atoms with van der Waals surface area (Å²) < 4.78 is 11.6. The summed E-state index contributed by atoms with van der Waals surface area (Å²) in [5.41, 5.74) is 1.74. The van der Waals surface area contributed by atoms with Crippen LogP contribution in [0.1, 0.15) is 25.3 Å². The molecule has 0 amide bonds. The monoisotopic (exact) mass is 350 g/mol. The lowest BCUT2D eigenvalue weighted by atomic mass is 10.2. The molecule has 0 unspecified atom stereocenters. The average molecular weight is 351 g/mol. The highest BCUT2D eigenvalue weighted by molar-refractivity contribution is 6.30. The standard InChI is InChI=1S/C18H23ClN2O3/c1-11(2)23-17-10-21(9-16(17)22)8-15-12(3)24-18(20-15)13-5-4-6-14(19)7-13/h4-7,11,16-17,22H,8-10H2,1-3H3/t16-,17-/m0/s1. The number of oxazole rings is 1. The Kier molecular flexibility index (Phi) is 5.25. The number of rotatable bonds is 5. The maximum atomic E-state index is 10.1. The summed E-state index contributed by atoms with van der Waals surface area (Å²) in [5.74, 6) is 1.35. The van der Waals surface area contributed by atoms with Gasteiger partial charge in [0.1, 0.15) is 5.76 Å². The third-order valence-corrected chi connectivity index (χ3v) is 4.33. The van der Waals surface area contributed by atoms with Crippen molar-refractivity contribution in [1.29, 1.82) is 0 Å². The van der Waals surface area contributed by atoms with Gasteiger partial charge in [-0.05, 0) is 39.0 Å². The molecule has 0 bridgehead atoms. The molecule has 1 fully saturated rings. The van der Waals surface area contributed by atoms with Crippen LogP contribution in [-0.4, -0.2) is 46.4 Å². The molecule has 0 spiro atoms. The molecule has 1 aromatic carbocycles. The smallest absolute Gasteiger partial charge is 0.226 e. The Morgan fingerprint density at radius 3 is 2.92 bits per heavy atom. The number of β-amino-alcohol motifs (C(OH)–C–C–N with tert-alkyl or cyclic N) is 1. The summed E-state index contributed by atoms with van der Waals surface area (Å²) in [4.78, 5) is 6.75. The van der Waals surface area contributed by atoms with Crippen molar-refractivity contribution < 1.29 is 14.3 Å². The van der Waals surface area contributed by atoms with Gasteiger partial charge in [0.2, 0.25) is 5.89 Å². The van der Waals surface area contributed by atoms with Crippen LogP contribution in [0, 0.1) is 6.92 Å². The molecule has 1 N–H and O–H groups in total. The van der Waals surface area contributed by atoms with Gasteiger partial charge in [-0.25, -0.2) is 4.98 Å². The summed E-state index contributed by atoms with van der Waals surface area (Å²) in [6, 6.07) is 7.46. The Labute approximate surface area is 147 Å². The van der Waals surface area contributed by atoms with Gasteiger partial charge < -0.3 is 14.3 Å². The van der Waals surface area contributed by atoms with Gasteiger partial charge in [0.05, 0.1) is 24.0 Å². The van der Waals surface area contributed by atoms with E-state index in [9.17, 15) is 5.11 Å². The third kappa shape index (κ3) is 3.98. The highest BCUT2D eigenvalue weighted by atomic mass is 35.5. The molecule has 0 radical (unpaired) electrons. The van der Waals surface area contributed by atoms with Crippen molar-refractivity contribution in [3.05, 3.63) is 40.7 Å². The van der Waals surface area contributed by atoms with Crippen molar-refractivity contribution >= 4 is 11.6 Å². The Morgan fingerprint density at radius 2 is 2.21 bits per heavy atom. The second kappa shape index (κ2) is 7.23. The number of aryl methyl sites for hydroxylation is 1. The predicted octanol–water partition coefficient (Wildman–Crippen LogP) is 3.27. The molecule has 1 aromatic heterocycles. The lowest BCUT2D eigenvalue weighted by Gasteiger charge is -2.17. The molecule has 130 valence electrons. The number of aliphatic hydroxyl groups excluding tert-OH is 1. The fraction of sp³-hybridized carbons (Fsp3) is 0.500. The number of hydrogen-bond donors (Lipinski definition) is 1. The van der Waals surface area contributed by atoms with E-state index < -0.39 is 6.10 Å². The zero-order valence-electron chi connectivity index (χ0n) is 14.2. The molecule has 1 saturated heterocycles. The van der Waals surface area contributed by atoms with Crippen LogP contribution in [0.4, 0.5) is 0 Å². The molecule has 3 rings (SSSR count). The van der Waals surface area contributed by atoms with Crippen LogP contribution in [0.2, 0.25) is 5.02 Å². The number of benzene rings is 1. The quantitative estimate of drug-likeness (QED) is 0.896. The van der Waals surface area contributed by atoms with Crippen molar-refractivity contribution in [2.45, 2.75) is 45.6 Å². The highest BCUT2D eigenvalue weighted by Gasteiger charge is 2.33. The summed E-state index contributed by atoms with van der Waals surface area (Å²) in [6.45, 7) is 7.77. The van der Waals surface area contributed by atoms with Crippen LogP contribution in [0.15, 0.2) is 28.7 Å². The van der Waals surface area contributed by atoms with Crippen molar-refractivity contribution in [2.24, 2.45) is 0 Å². The normalized spacial score (nSPS) is 21.8. The number of likely N-dealkylation sites (tertiary alicyclic amines) is 1. The van der Waals surface area contributed by atoms with Crippen LogP contribution in [0.25, 0.3) is 11.5 Å². The molecule has 6 heteroatoms. The van der Waals surface area contributed by atoms with Crippen LogP contribution in [0.3, 0.4) is 0 Å². The van der Waals surface area contributed by atoms with E-state index in [1.54, 1.807) is 0 Å². The second-order valence-electron chi connectivity index (χ2n) is 6.52. The van der Waals surface area contributed by atoms with E-state index in [1.165, 1.54) is 0 Å². The molecule has 2 atom stereocenters. The molecule has 24 heavy (non-hydrogen) atoms. The third-order valence-electron chi connectivity index (χ3n) is 4.10. The first-order chi connectivity index (χ1) is 11.4. The van der Waals surface area contributed by atoms with Crippen LogP contribution in [0.5, 0.6) is 0 Å². The average Bonchev–Trinajstić information content (AvgIpc) is 3.03. The van der Waals surface area contributed by atoms with E-state index in [2.05, 4.69) is 9.88 Å². The topological polar surface area (TPSA) is 58.7 Å². The number of nitrogens with zero attached hydrogens (tertiary/aromatic N) is 2. The van der Waals surface area contributed by atoms with Gasteiger partial charge in [0, 0.05) is 30.2 Å². The van der Waals surface area contributed by atoms with Gasteiger partial charge in [-0.3, -0.25) is 4.90 Å². The maximum absolute atomic E-state index is 10.1. The van der Waals surface area contributed by atoms with Crippen LogP contribution >= 0.6 is 11.6 Å². The van der Waals surface area contributed by atoms with E-state index in [1.807, 2.05) is 45.0 Å². The van der Waals surface area contributed by atoms with Crippen molar-refractivity contribution in [3.8, 4) is 11.5 Å². The minimum atomic E-state index is -0.466. The number of aliphatic hydroxyl groups is 1. The minimum absolute atomic E-state index is 0.104. The number of aromatic nitrogens is 1. The lowest BCUT2D eigenvalue weighted by Crippen LogP contribution is -2.29. The number of ether oxygens (including phenoxy) is 1. The summed E-state index contributed by atoms with van der Waals surface area (Å²) in [6.07, 6.45) is -0.510. The van der Waals surface area contributed by atoms with Gasteiger partial charge in [0.25, 0.3) is 0 Å². The SMILES string of the molecule is Cc1oc(-c2cccc(Cl)c2)nc1CN1C[C@H](OC(C)C)[C@@H](O)C1. The maximum Gasteiger partial charge on any atom is 0.226 e. The summed E-state index contributed by atoms with van der Waals surface area (Å²) in [7, 11) is 0. The van der Waals surface area contributed by atoms with Crippen molar-refractivity contribution in [3.63, 3.8) is 0 Å². The Morgan fingerprint density at radius 1 is 1.42 bits per heavy atom. The molecular weight excluding hydrogens is 328 g/mol.